The summed E-state index contributed by atoms with van der Waals surface area (Å²) in [6, 6.07) is 16.2. The Balaban J connectivity index is 1.57. The maximum atomic E-state index is 13.3. The molecule has 0 saturated carbocycles. The lowest BCUT2D eigenvalue weighted by Gasteiger charge is -2.12. The molecule has 4 aromatic rings. The van der Waals surface area contributed by atoms with Crippen molar-refractivity contribution in [1.29, 1.82) is 0 Å². The molecule has 0 radical (unpaired) electrons. The number of aryl methyl sites for hydroxylation is 1. The Labute approximate surface area is 198 Å². The molecule has 1 aliphatic heterocycles. The van der Waals surface area contributed by atoms with Crippen LogP contribution in [0.2, 0.25) is 0 Å². The molecule has 0 aliphatic carbocycles. The molecule has 4 heterocycles. The Bertz CT molecular complexity index is 1460. The molecule has 0 spiro atoms. The molecule has 7 nitrogen and oxygen atoms in total. The Hall–Kier alpha value is -3.69. The van der Waals surface area contributed by atoms with E-state index in [1.54, 1.807) is 54.9 Å². The van der Waals surface area contributed by atoms with Gasteiger partial charge < -0.3 is 9.15 Å². The standard InChI is InChI=1S/C24H17N3O4S2/c1-15-7-9-16(10-8-15)31-21-18(22(28)26-11-3-2-6-20(26)25-21)13-19-23(29)27(24(32)33-19)14-17-5-4-12-30-17/h2-13H,14H2,1H3/b19-13-. The number of pyridine rings is 1. The van der Waals surface area contributed by atoms with Crippen LogP contribution < -0.4 is 10.3 Å². The van der Waals surface area contributed by atoms with Crippen LogP contribution in [-0.2, 0) is 11.3 Å². The Morgan fingerprint density at radius 2 is 1.94 bits per heavy atom. The van der Waals surface area contributed by atoms with E-state index in [1.165, 1.54) is 15.4 Å². The maximum absolute atomic E-state index is 13.3. The first-order chi connectivity index (χ1) is 16.0. The molecular formula is C24H17N3O4S2. The first kappa shape index (κ1) is 21.2. The summed E-state index contributed by atoms with van der Waals surface area (Å²) in [6.07, 6.45) is 4.67. The van der Waals surface area contributed by atoms with E-state index >= 15 is 0 Å². The number of rotatable bonds is 5. The molecule has 0 atom stereocenters. The largest absolute Gasteiger partial charge is 0.467 e. The molecule has 1 saturated heterocycles. The predicted molar refractivity (Wildman–Crippen MR) is 130 cm³/mol. The molecule has 0 bridgehead atoms. The molecule has 33 heavy (non-hydrogen) atoms. The van der Waals surface area contributed by atoms with Gasteiger partial charge in [0.05, 0.1) is 17.7 Å². The topological polar surface area (TPSA) is 77.1 Å². The van der Waals surface area contributed by atoms with Crippen LogP contribution in [0.4, 0.5) is 0 Å². The van der Waals surface area contributed by atoms with Crippen LogP contribution in [0.1, 0.15) is 16.9 Å². The zero-order valence-corrected chi connectivity index (χ0v) is 19.1. The average Bonchev–Trinajstić information content (AvgIpc) is 3.42. The van der Waals surface area contributed by atoms with Crippen molar-refractivity contribution in [3.8, 4) is 11.6 Å². The van der Waals surface area contributed by atoms with Crippen LogP contribution in [0.15, 0.2) is 81.2 Å². The third-order valence-corrected chi connectivity index (χ3v) is 6.39. The highest BCUT2D eigenvalue weighted by molar-refractivity contribution is 8.26. The van der Waals surface area contributed by atoms with Gasteiger partial charge in [0, 0.05) is 6.20 Å². The fourth-order valence-corrected chi connectivity index (χ4v) is 4.56. The lowest BCUT2D eigenvalue weighted by atomic mass is 10.2. The minimum absolute atomic E-state index is 0.117. The number of hydrogen-bond donors (Lipinski definition) is 0. The summed E-state index contributed by atoms with van der Waals surface area (Å²) in [5.41, 5.74) is 1.33. The van der Waals surface area contributed by atoms with Gasteiger partial charge in [-0.15, -0.1) is 0 Å². The maximum Gasteiger partial charge on any atom is 0.269 e. The minimum Gasteiger partial charge on any atom is -0.467 e. The number of ether oxygens (including phenoxy) is 1. The Morgan fingerprint density at radius 3 is 2.70 bits per heavy atom. The summed E-state index contributed by atoms with van der Waals surface area (Å²) in [5, 5.41) is 0. The van der Waals surface area contributed by atoms with Gasteiger partial charge in [0.25, 0.3) is 11.5 Å². The third kappa shape index (κ3) is 4.20. The molecule has 5 rings (SSSR count). The molecule has 1 aromatic carbocycles. The molecule has 1 fully saturated rings. The summed E-state index contributed by atoms with van der Waals surface area (Å²) in [6.45, 7) is 2.19. The van der Waals surface area contributed by atoms with Crippen molar-refractivity contribution in [2.24, 2.45) is 0 Å². The SMILES string of the molecule is Cc1ccc(Oc2nc3ccccn3c(=O)c2/C=C2\SC(=S)N(Cc3ccco3)C2=O)cc1. The monoisotopic (exact) mass is 475 g/mol. The van der Waals surface area contributed by atoms with Gasteiger partial charge in [-0.05, 0) is 49.4 Å². The van der Waals surface area contributed by atoms with Gasteiger partial charge >= 0.3 is 0 Å². The van der Waals surface area contributed by atoms with Gasteiger partial charge in [0.1, 0.15) is 27.0 Å². The van der Waals surface area contributed by atoms with Crippen molar-refractivity contribution < 1.29 is 13.9 Å². The van der Waals surface area contributed by atoms with E-state index in [4.69, 9.17) is 21.4 Å². The van der Waals surface area contributed by atoms with Gasteiger partial charge in [-0.2, -0.15) is 4.98 Å². The number of amides is 1. The van der Waals surface area contributed by atoms with Crippen molar-refractivity contribution in [3.63, 3.8) is 0 Å². The summed E-state index contributed by atoms with van der Waals surface area (Å²) >= 11 is 6.52. The van der Waals surface area contributed by atoms with Crippen molar-refractivity contribution in [3.05, 3.63) is 99.2 Å². The fraction of sp³-hybridized carbons (Fsp3) is 0.0833. The summed E-state index contributed by atoms with van der Waals surface area (Å²) in [4.78, 5) is 32.7. The van der Waals surface area contributed by atoms with Crippen molar-refractivity contribution >= 4 is 45.9 Å². The first-order valence-electron chi connectivity index (χ1n) is 10.0. The first-order valence-corrected chi connectivity index (χ1v) is 11.3. The molecular weight excluding hydrogens is 458 g/mol. The third-order valence-electron chi connectivity index (χ3n) is 5.01. The van der Waals surface area contributed by atoms with E-state index in [2.05, 4.69) is 4.98 Å². The van der Waals surface area contributed by atoms with Crippen molar-refractivity contribution in [2.75, 3.05) is 0 Å². The highest BCUT2D eigenvalue weighted by atomic mass is 32.2. The van der Waals surface area contributed by atoms with Gasteiger partial charge in [0.15, 0.2) is 0 Å². The van der Waals surface area contributed by atoms with E-state index in [0.717, 1.165) is 17.3 Å². The highest BCUT2D eigenvalue weighted by Gasteiger charge is 2.33. The number of aromatic nitrogens is 2. The number of carbonyl (C=O) groups is 1. The van der Waals surface area contributed by atoms with Gasteiger partial charge in [0.2, 0.25) is 5.88 Å². The van der Waals surface area contributed by atoms with E-state index in [9.17, 15) is 9.59 Å². The lowest BCUT2D eigenvalue weighted by Crippen LogP contribution is -2.27. The second kappa shape index (κ2) is 8.68. The smallest absolute Gasteiger partial charge is 0.269 e. The lowest BCUT2D eigenvalue weighted by molar-refractivity contribution is -0.122. The number of carbonyl (C=O) groups excluding carboxylic acids is 1. The molecule has 0 unspecified atom stereocenters. The van der Waals surface area contributed by atoms with Crippen molar-refractivity contribution in [1.82, 2.24) is 14.3 Å². The number of furan rings is 1. The van der Waals surface area contributed by atoms with Crippen LogP contribution in [-0.4, -0.2) is 24.5 Å². The van der Waals surface area contributed by atoms with Crippen LogP contribution in [0.3, 0.4) is 0 Å². The van der Waals surface area contributed by atoms with Crippen LogP contribution in [0, 0.1) is 6.92 Å². The van der Waals surface area contributed by atoms with Gasteiger partial charge in [-0.1, -0.05) is 47.7 Å². The van der Waals surface area contributed by atoms with Crippen LogP contribution in [0.5, 0.6) is 11.6 Å². The quantitative estimate of drug-likeness (QED) is 0.303. The second-order valence-corrected chi connectivity index (χ2v) is 9.00. The van der Waals surface area contributed by atoms with Crippen molar-refractivity contribution in [2.45, 2.75) is 13.5 Å². The Kier molecular flexibility index (Phi) is 5.57. The van der Waals surface area contributed by atoms with E-state index in [0.29, 0.717) is 26.4 Å². The number of fused-ring (bicyclic) bond motifs is 1. The molecule has 1 amide bonds. The normalized spacial score (nSPS) is 15.1. The molecule has 0 N–H and O–H groups in total. The predicted octanol–water partition coefficient (Wildman–Crippen LogP) is 4.79. The molecule has 164 valence electrons. The summed E-state index contributed by atoms with van der Waals surface area (Å²) < 4.78 is 13.1. The Morgan fingerprint density at radius 1 is 1.12 bits per heavy atom. The van der Waals surface area contributed by atoms with Gasteiger partial charge in [-0.25, -0.2) is 0 Å². The molecule has 1 aliphatic rings. The molecule has 9 heteroatoms. The van der Waals surface area contributed by atoms with Crippen LogP contribution >= 0.6 is 24.0 Å². The highest BCUT2D eigenvalue weighted by Crippen LogP contribution is 2.35. The number of benzene rings is 1. The summed E-state index contributed by atoms with van der Waals surface area (Å²) in [5.74, 6) is 0.961. The van der Waals surface area contributed by atoms with E-state index < -0.39 is 0 Å². The second-order valence-electron chi connectivity index (χ2n) is 7.33. The number of hydrogen-bond acceptors (Lipinski definition) is 7. The van der Waals surface area contributed by atoms with Gasteiger partial charge in [-0.3, -0.25) is 18.9 Å². The van der Waals surface area contributed by atoms with Crippen LogP contribution in [0.25, 0.3) is 11.7 Å². The zero-order valence-electron chi connectivity index (χ0n) is 17.4. The average molecular weight is 476 g/mol. The van der Waals surface area contributed by atoms with E-state index in [1.807, 2.05) is 19.1 Å². The number of thioether (sulfide) groups is 1. The minimum atomic E-state index is -0.348. The number of thiocarbonyl (C=S) groups is 1. The number of nitrogens with zero attached hydrogens (tertiary/aromatic N) is 3. The fourth-order valence-electron chi connectivity index (χ4n) is 3.33. The summed E-state index contributed by atoms with van der Waals surface area (Å²) in [7, 11) is 0. The molecule has 3 aromatic heterocycles. The van der Waals surface area contributed by atoms with E-state index in [-0.39, 0.29) is 29.5 Å². The zero-order chi connectivity index (χ0) is 22.9.